The number of rotatable bonds is 4. The van der Waals surface area contributed by atoms with Gasteiger partial charge in [0, 0.05) is 23.6 Å². The van der Waals surface area contributed by atoms with Crippen LogP contribution in [0.2, 0.25) is 0 Å². The van der Waals surface area contributed by atoms with Gasteiger partial charge in [0.1, 0.15) is 0 Å². The Balaban J connectivity index is 1.49. The molecule has 0 N–H and O–H groups in total. The van der Waals surface area contributed by atoms with Crippen molar-refractivity contribution in [2.45, 2.75) is 0 Å². The van der Waals surface area contributed by atoms with E-state index in [0.717, 1.165) is 17.0 Å². The van der Waals surface area contributed by atoms with Crippen LogP contribution in [0.25, 0.3) is 11.8 Å². The quantitative estimate of drug-likeness (QED) is 0.546. The lowest BCUT2D eigenvalue weighted by atomic mass is 10.1. The lowest BCUT2D eigenvalue weighted by Gasteiger charge is -2.02. The van der Waals surface area contributed by atoms with E-state index in [1.807, 2.05) is 53.2 Å². The van der Waals surface area contributed by atoms with Gasteiger partial charge in [-0.15, -0.1) is 0 Å². The molecule has 3 aromatic rings. The van der Waals surface area contributed by atoms with Gasteiger partial charge < -0.3 is 14.0 Å². The Labute approximate surface area is 138 Å². The maximum atomic E-state index is 12.3. The summed E-state index contributed by atoms with van der Waals surface area (Å²) < 4.78 is 12.5. The fourth-order valence-corrected chi connectivity index (χ4v) is 2.49. The minimum absolute atomic E-state index is 0.0511. The Kier molecular flexibility index (Phi) is 3.59. The van der Waals surface area contributed by atoms with Crippen molar-refractivity contribution < 1.29 is 14.3 Å². The summed E-state index contributed by atoms with van der Waals surface area (Å²) in [5.74, 6) is 1.38. The van der Waals surface area contributed by atoms with Gasteiger partial charge in [0.2, 0.25) is 6.79 Å². The largest absolute Gasteiger partial charge is 0.454 e. The molecule has 0 bridgehead atoms. The zero-order valence-corrected chi connectivity index (χ0v) is 12.8. The van der Waals surface area contributed by atoms with Crippen molar-refractivity contribution in [3.05, 3.63) is 78.4 Å². The number of benzene rings is 2. The van der Waals surface area contributed by atoms with Gasteiger partial charge in [-0.3, -0.25) is 4.79 Å². The molecule has 0 saturated carbocycles. The van der Waals surface area contributed by atoms with E-state index in [0.29, 0.717) is 11.3 Å². The van der Waals surface area contributed by atoms with Gasteiger partial charge in [-0.25, -0.2) is 4.98 Å². The maximum Gasteiger partial charge on any atom is 0.231 e. The average Bonchev–Trinajstić information content (AvgIpc) is 3.31. The number of aromatic nitrogens is 2. The molecule has 1 aliphatic heterocycles. The SMILES string of the molecule is O=C(C=Cc1ccc2c(c1)OCO2)c1ccc(-n2ccnc2)cc1. The van der Waals surface area contributed by atoms with Crippen LogP contribution in [-0.2, 0) is 0 Å². The molecule has 2 aromatic carbocycles. The van der Waals surface area contributed by atoms with Crippen molar-refractivity contribution >= 4 is 11.9 Å². The van der Waals surface area contributed by atoms with Crippen molar-refractivity contribution in [2.75, 3.05) is 6.79 Å². The molecule has 1 aliphatic rings. The highest BCUT2D eigenvalue weighted by Gasteiger charge is 2.12. The van der Waals surface area contributed by atoms with Gasteiger partial charge in [-0.05, 0) is 48.0 Å². The Morgan fingerprint density at radius 2 is 1.92 bits per heavy atom. The summed E-state index contributed by atoms with van der Waals surface area (Å²) in [4.78, 5) is 16.3. The number of hydrogen-bond acceptors (Lipinski definition) is 4. The lowest BCUT2D eigenvalue weighted by Crippen LogP contribution is -1.96. The lowest BCUT2D eigenvalue weighted by molar-refractivity contribution is 0.104. The van der Waals surface area contributed by atoms with Gasteiger partial charge >= 0.3 is 0 Å². The molecule has 0 amide bonds. The van der Waals surface area contributed by atoms with E-state index in [4.69, 9.17) is 9.47 Å². The highest BCUT2D eigenvalue weighted by molar-refractivity contribution is 6.06. The molecule has 0 unspecified atom stereocenters. The predicted molar refractivity (Wildman–Crippen MR) is 89.5 cm³/mol. The number of carbonyl (C=O) groups is 1. The minimum Gasteiger partial charge on any atom is -0.454 e. The van der Waals surface area contributed by atoms with Crippen LogP contribution in [0.15, 0.2) is 67.3 Å². The first-order valence-corrected chi connectivity index (χ1v) is 7.50. The zero-order valence-electron chi connectivity index (χ0n) is 12.8. The highest BCUT2D eigenvalue weighted by Crippen LogP contribution is 2.32. The Hall–Kier alpha value is -3.34. The average molecular weight is 318 g/mol. The zero-order chi connectivity index (χ0) is 16.4. The van der Waals surface area contributed by atoms with Crippen molar-refractivity contribution in [1.82, 2.24) is 9.55 Å². The van der Waals surface area contributed by atoms with Crippen molar-refractivity contribution in [1.29, 1.82) is 0 Å². The third-order valence-corrected chi connectivity index (χ3v) is 3.78. The van der Waals surface area contributed by atoms with Gasteiger partial charge in [-0.2, -0.15) is 0 Å². The molecular weight excluding hydrogens is 304 g/mol. The van der Waals surface area contributed by atoms with Crippen molar-refractivity contribution in [2.24, 2.45) is 0 Å². The van der Waals surface area contributed by atoms with Crippen LogP contribution in [0.4, 0.5) is 0 Å². The summed E-state index contributed by atoms with van der Waals surface area (Å²) in [6.07, 6.45) is 8.62. The Morgan fingerprint density at radius 3 is 2.71 bits per heavy atom. The number of hydrogen-bond donors (Lipinski definition) is 0. The van der Waals surface area contributed by atoms with Crippen LogP contribution in [0.3, 0.4) is 0 Å². The fraction of sp³-hybridized carbons (Fsp3) is 0.0526. The number of nitrogens with zero attached hydrogens (tertiary/aromatic N) is 2. The molecule has 118 valence electrons. The van der Waals surface area contributed by atoms with E-state index in [1.54, 1.807) is 24.7 Å². The molecule has 4 rings (SSSR count). The number of ketones is 1. The van der Waals surface area contributed by atoms with Gasteiger partial charge in [0.05, 0.1) is 6.33 Å². The molecule has 5 nitrogen and oxygen atoms in total. The molecule has 1 aromatic heterocycles. The van der Waals surface area contributed by atoms with E-state index >= 15 is 0 Å². The van der Waals surface area contributed by atoms with Crippen molar-refractivity contribution in [3.8, 4) is 17.2 Å². The number of ether oxygens (including phenoxy) is 2. The number of carbonyl (C=O) groups excluding carboxylic acids is 1. The molecule has 0 atom stereocenters. The topological polar surface area (TPSA) is 53.4 Å². The van der Waals surface area contributed by atoms with Crippen LogP contribution in [-0.4, -0.2) is 22.1 Å². The van der Waals surface area contributed by atoms with Crippen LogP contribution >= 0.6 is 0 Å². The number of fused-ring (bicyclic) bond motifs is 1. The first kappa shape index (κ1) is 14.3. The van der Waals surface area contributed by atoms with Gasteiger partial charge in [0.15, 0.2) is 17.3 Å². The summed E-state index contributed by atoms with van der Waals surface area (Å²) in [5, 5.41) is 0. The molecule has 0 fully saturated rings. The second-order valence-electron chi connectivity index (χ2n) is 5.33. The molecule has 0 spiro atoms. The summed E-state index contributed by atoms with van der Waals surface area (Å²) in [6.45, 7) is 0.241. The summed E-state index contributed by atoms with van der Waals surface area (Å²) in [7, 11) is 0. The number of imidazole rings is 1. The second-order valence-corrected chi connectivity index (χ2v) is 5.33. The fourth-order valence-electron chi connectivity index (χ4n) is 2.49. The second kappa shape index (κ2) is 6.04. The molecule has 2 heterocycles. The molecule has 5 heteroatoms. The third kappa shape index (κ3) is 2.79. The maximum absolute atomic E-state index is 12.3. The van der Waals surface area contributed by atoms with E-state index < -0.39 is 0 Å². The van der Waals surface area contributed by atoms with E-state index in [1.165, 1.54) is 0 Å². The van der Waals surface area contributed by atoms with E-state index in [2.05, 4.69) is 4.98 Å². The minimum atomic E-state index is -0.0511. The van der Waals surface area contributed by atoms with Crippen LogP contribution in [0.5, 0.6) is 11.5 Å². The standard InChI is InChI=1S/C19H14N2O3/c22-17(7-1-14-2-8-18-19(11-14)24-13-23-18)15-3-5-16(6-4-15)21-10-9-20-12-21/h1-12H,13H2. The summed E-state index contributed by atoms with van der Waals surface area (Å²) in [5.41, 5.74) is 2.49. The van der Waals surface area contributed by atoms with Crippen LogP contribution < -0.4 is 9.47 Å². The molecule has 0 aliphatic carbocycles. The Morgan fingerprint density at radius 1 is 1.08 bits per heavy atom. The van der Waals surface area contributed by atoms with Crippen molar-refractivity contribution in [3.63, 3.8) is 0 Å². The predicted octanol–water partition coefficient (Wildman–Crippen LogP) is 3.50. The highest BCUT2D eigenvalue weighted by atomic mass is 16.7. The summed E-state index contributed by atoms with van der Waals surface area (Å²) >= 11 is 0. The van der Waals surface area contributed by atoms with Gasteiger partial charge in [-0.1, -0.05) is 12.1 Å². The molecule has 0 radical (unpaired) electrons. The smallest absolute Gasteiger partial charge is 0.231 e. The van der Waals surface area contributed by atoms with E-state index in [9.17, 15) is 4.79 Å². The molecular formula is C19H14N2O3. The molecule has 24 heavy (non-hydrogen) atoms. The Bertz CT molecular complexity index is 897. The van der Waals surface area contributed by atoms with E-state index in [-0.39, 0.29) is 12.6 Å². The first-order valence-electron chi connectivity index (χ1n) is 7.50. The van der Waals surface area contributed by atoms with Crippen LogP contribution in [0.1, 0.15) is 15.9 Å². The summed E-state index contributed by atoms with van der Waals surface area (Å²) in [6, 6.07) is 13.0. The number of allylic oxidation sites excluding steroid dienone is 1. The van der Waals surface area contributed by atoms with Gasteiger partial charge in [0.25, 0.3) is 0 Å². The monoisotopic (exact) mass is 318 g/mol. The third-order valence-electron chi connectivity index (χ3n) is 3.78. The normalized spacial score (nSPS) is 12.7. The molecule has 0 saturated heterocycles. The first-order chi connectivity index (χ1) is 11.8. The van der Waals surface area contributed by atoms with Crippen LogP contribution in [0, 0.1) is 0 Å².